The van der Waals surface area contributed by atoms with Crippen molar-refractivity contribution in [3.63, 3.8) is 0 Å². The van der Waals surface area contributed by atoms with Crippen LogP contribution in [-0.4, -0.2) is 37.4 Å². The highest BCUT2D eigenvalue weighted by molar-refractivity contribution is 5.75. The molecule has 1 aliphatic heterocycles. The highest BCUT2D eigenvalue weighted by Crippen LogP contribution is 2.36. The molecule has 1 saturated heterocycles. The number of benzene rings is 1. The zero-order valence-electron chi connectivity index (χ0n) is 11.7. The summed E-state index contributed by atoms with van der Waals surface area (Å²) in [6.45, 7) is 3.19. The van der Waals surface area contributed by atoms with Crippen molar-refractivity contribution in [2.45, 2.75) is 25.4 Å². The van der Waals surface area contributed by atoms with Crippen LogP contribution in [0.4, 0.5) is 13.2 Å². The maximum atomic E-state index is 12.9. The van der Waals surface area contributed by atoms with Gasteiger partial charge in [0.15, 0.2) is 0 Å². The monoisotopic (exact) mass is 301 g/mol. The highest BCUT2D eigenvalue weighted by Gasteiger charge is 2.34. The number of likely N-dealkylation sites (tertiary alicyclic amines) is 1. The number of aldehydes is 1. The molecule has 2 rings (SSSR count). The van der Waals surface area contributed by atoms with Crippen LogP contribution >= 0.6 is 0 Å². The third-order valence-corrected chi connectivity index (χ3v) is 3.52. The Morgan fingerprint density at radius 1 is 1.24 bits per heavy atom. The minimum absolute atomic E-state index is 0.00765. The van der Waals surface area contributed by atoms with Gasteiger partial charge in [0.2, 0.25) is 0 Å². The fourth-order valence-electron chi connectivity index (χ4n) is 2.44. The molecule has 3 nitrogen and oxygen atoms in total. The van der Waals surface area contributed by atoms with E-state index in [1.807, 2.05) is 0 Å². The molecule has 116 valence electrons. The molecule has 0 aliphatic carbocycles. The number of carbonyl (C=O) groups excluding carboxylic acids is 1. The van der Waals surface area contributed by atoms with Crippen LogP contribution in [0.25, 0.3) is 0 Å². The van der Waals surface area contributed by atoms with Gasteiger partial charge in [0.05, 0.1) is 12.2 Å². The molecule has 1 fully saturated rings. The lowest BCUT2D eigenvalue weighted by Gasteiger charge is -2.16. The number of hydrogen-bond donors (Lipinski definition) is 0. The molecule has 1 aromatic carbocycles. The minimum atomic E-state index is -4.52. The van der Waals surface area contributed by atoms with E-state index in [-0.39, 0.29) is 17.9 Å². The Kier molecular flexibility index (Phi) is 5.22. The third kappa shape index (κ3) is 4.46. The van der Waals surface area contributed by atoms with Crippen molar-refractivity contribution in [2.75, 3.05) is 26.2 Å². The van der Waals surface area contributed by atoms with Crippen molar-refractivity contribution in [1.29, 1.82) is 0 Å². The smallest absolute Gasteiger partial charge is 0.419 e. The van der Waals surface area contributed by atoms with Gasteiger partial charge in [-0.05, 0) is 50.6 Å². The van der Waals surface area contributed by atoms with Gasteiger partial charge in [-0.3, -0.25) is 4.79 Å². The molecule has 6 heteroatoms. The van der Waals surface area contributed by atoms with Crippen LogP contribution < -0.4 is 4.74 Å². The topological polar surface area (TPSA) is 29.5 Å². The predicted octanol–water partition coefficient (Wildman–Crippen LogP) is 3.38. The highest BCUT2D eigenvalue weighted by atomic mass is 19.4. The van der Waals surface area contributed by atoms with Gasteiger partial charge in [0.25, 0.3) is 0 Å². The minimum Gasteiger partial charge on any atom is -0.493 e. The van der Waals surface area contributed by atoms with E-state index in [9.17, 15) is 18.0 Å². The fraction of sp³-hybridized carbons (Fsp3) is 0.533. The molecular weight excluding hydrogens is 283 g/mol. The molecule has 21 heavy (non-hydrogen) atoms. The summed E-state index contributed by atoms with van der Waals surface area (Å²) in [6.07, 6.45) is -1.07. The van der Waals surface area contributed by atoms with E-state index in [2.05, 4.69) is 4.90 Å². The van der Waals surface area contributed by atoms with Crippen LogP contribution in [-0.2, 0) is 6.18 Å². The van der Waals surface area contributed by atoms with Gasteiger partial charge in [-0.15, -0.1) is 0 Å². The molecule has 1 heterocycles. The maximum Gasteiger partial charge on any atom is 0.419 e. The summed E-state index contributed by atoms with van der Waals surface area (Å²) in [6, 6.07) is 3.36. The Hall–Kier alpha value is -1.56. The van der Waals surface area contributed by atoms with Crippen molar-refractivity contribution in [2.24, 2.45) is 0 Å². The molecule has 0 spiro atoms. The van der Waals surface area contributed by atoms with Crippen molar-refractivity contribution in [1.82, 2.24) is 4.90 Å². The first-order valence-corrected chi connectivity index (χ1v) is 7.02. The van der Waals surface area contributed by atoms with E-state index >= 15 is 0 Å². The summed E-state index contributed by atoms with van der Waals surface area (Å²) in [5.41, 5.74) is -0.903. The largest absolute Gasteiger partial charge is 0.493 e. The van der Waals surface area contributed by atoms with E-state index < -0.39 is 11.7 Å². The number of carbonyl (C=O) groups is 1. The number of alkyl halides is 3. The Morgan fingerprint density at radius 2 is 1.95 bits per heavy atom. The molecule has 0 N–H and O–H groups in total. The first-order chi connectivity index (χ1) is 10.0. The number of ether oxygens (including phenoxy) is 1. The van der Waals surface area contributed by atoms with Gasteiger partial charge < -0.3 is 9.64 Å². The Balaban J connectivity index is 1.93. The Morgan fingerprint density at radius 3 is 2.57 bits per heavy atom. The van der Waals surface area contributed by atoms with Crippen LogP contribution in [0.3, 0.4) is 0 Å². The lowest BCUT2D eigenvalue weighted by Crippen LogP contribution is -2.22. The van der Waals surface area contributed by atoms with Gasteiger partial charge in [0, 0.05) is 12.1 Å². The van der Waals surface area contributed by atoms with Crippen LogP contribution in [0.1, 0.15) is 35.2 Å². The Labute approximate surface area is 121 Å². The molecule has 0 saturated carbocycles. The summed E-state index contributed by atoms with van der Waals surface area (Å²) in [7, 11) is 0. The zero-order valence-corrected chi connectivity index (χ0v) is 11.7. The average molecular weight is 301 g/mol. The van der Waals surface area contributed by atoms with Crippen LogP contribution in [0.5, 0.6) is 5.75 Å². The maximum absolute atomic E-state index is 12.9. The molecule has 0 atom stereocenters. The molecule has 0 unspecified atom stereocenters. The summed E-state index contributed by atoms with van der Waals surface area (Å²) >= 11 is 0. The summed E-state index contributed by atoms with van der Waals surface area (Å²) in [5.74, 6) is -0.213. The lowest BCUT2D eigenvalue weighted by molar-refractivity contribution is -0.139. The number of hydrogen-bond acceptors (Lipinski definition) is 3. The zero-order chi connectivity index (χ0) is 15.3. The van der Waals surface area contributed by atoms with E-state index in [0.717, 1.165) is 25.7 Å². The SMILES string of the molecule is O=Cc1ccc(OCCCN2CCCC2)c(C(F)(F)F)c1. The third-order valence-electron chi connectivity index (χ3n) is 3.52. The van der Waals surface area contributed by atoms with E-state index in [1.54, 1.807) is 0 Å². The van der Waals surface area contributed by atoms with Crippen molar-refractivity contribution >= 4 is 6.29 Å². The van der Waals surface area contributed by atoms with E-state index in [1.165, 1.54) is 25.0 Å². The molecule has 0 bridgehead atoms. The molecule has 0 aromatic heterocycles. The fourth-order valence-corrected chi connectivity index (χ4v) is 2.44. The lowest BCUT2D eigenvalue weighted by atomic mass is 10.1. The van der Waals surface area contributed by atoms with Gasteiger partial charge >= 0.3 is 6.18 Å². The van der Waals surface area contributed by atoms with Gasteiger partial charge in [-0.2, -0.15) is 13.2 Å². The molecular formula is C15H18F3NO2. The predicted molar refractivity (Wildman–Crippen MR) is 72.6 cm³/mol. The average Bonchev–Trinajstić information content (AvgIpc) is 2.96. The molecule has 0 radical (unpaired) electrons. The van der Waals surface area contributed by atoms with Crippen molar-refractivity contribution in [3.8, 4) is 5.75 Å². The van der Waals surface area contributed by atoms with Crippen LogP contribution in [0.15, 0.2) is 18.2 Å². The Bertz CT molecular complexity index is 482. The quantitative estimate of drug-likeness (QED) is 0.596. The van der Waals surface area contributed by atoms with Crippen LogP contribution in [0, 0.1) is 0 Å². The molecule has 1 aliphatic rings. The second-order valence-corrected chi connectivity index (χ2v) is 5.12. The second-order valence-electron chi connectivity index (χ2n) is 5.12. The molecule has 1 aromatic rings. The second kappa shape index (κ2) is 6.93. The summed E-state index contributed by atoms with van der Waals surface area (Å²) in [5, 5.41) is 0. The standard InChI is InChI=1S/C15H18F3NO2/c16-15(17,18)13-10-12(11-20)4-5-14(13)21-9-3-8-19-6-1-2-7-19/h4-5,10-11H,1-3,6-9H2. The van der Waals surface area contributed by atoms with Gasteiger partial charge in [-0.25, -0.2) is 0 Å². The van der Waals surface area contributed by atoms with Gasteiger partial charge in [-0.1, -0.05) is 0 Å². The first-order valence-electron chi connectivity index (χ1n) is 7.02. The summed E-state index contributed by atoms with van der Waals surface area (Å²) in [4.78, 5) is 12.9. The van der Waals surface area contributed by atoms with E-state index in [0.29, 0.717) is 12.7 Å². The van der Waals surface area contributed by atoms with E-state index in [4.69, 9.17) is 4.74 Å². The first kappa shape index (κ1) is 15.8. The number of halogens is 3. The van der Waals surface area contributed by atoms with Gasteiger partial charge in [0.1, 0.15) is 12.0 Å². The summed E-state index contributed by atoms with van der Waals surface area (Å²) < 4.78 is 44.0. The number of rotatable bonds is 6. The van der Waals surface area contributed by atoms with Crippen LogP contribution in [0.2, 0.25) is 0 Å². The molecule has 0 amide bonds. The normalized spacial score (nSPS) is 16.1. The van der Waals surface area contributed by atoms with Crippen molar-refractivity contribution in [3.05, 3.63) is 29.3 Å². The van der Waals surface area contributed by atoms with Crippen molar-refractivity contribution < 1.29 is 22.7 Å². The number of nitrogens with zero attached hydrogens (tertiary/aromatic N) is 1.